The number of carbonyl (C=O) groups is 1. The number of aromatic nitrogens is 2. The minimum atomic E-state index is -0.720. The number of nitrogens with one attached hydrogen (secondary N) is 3. The van der Waals surface area contributed by atoms with Gasteiger partial charge >= 0.3 is 5.69 Å². The SMILES string of the molecule is O=C(Nc1ccccc1I)c1c[nH]c(=O)[nH]c1=O. The quantitative estimate of drug-likeness (QED) is 0.698. The van der Waals surface area contributed by atoms with Crippen molar-refractivity contribution in [2.75, 3.05) is 5.32 Å². The summed E-state index contributed by atoms with van der Waals surface area (Å²) in [5.41, 5.74) is -0.906. The van der Waals surface area contributed by atoms with Crippen LogP contribution in [0, 0.1) is 3.57 Å². The third-order valence-electron chi connectivity index (χ3n) is 2.19. The standard InChI is InChI=1S/C11H8IN3O3/c12-7-3-1-2-4-8(7)14-9(16)6-5-13-11(18)15-10(6)17/h1-5H,(H,14,16)(H2,13,15,17,18). The van der Waals surface area contributed by atoms with Crippen molar-refractivity contribution in [1.82, 2.24) is 9.97 Å². The van der Waals surface area contributed by atoms with Crippen molar-refractivity contribution in [3.05, 3.63) is 60.4 Å². The molecule has 6 nitrogen and oxygen atoms in total. The third kappa shape index (κ3) is 2.67. The normalized spacial score (nSPS) is 10.1. The molecule has 1 aromatic carbocycles. The average Bonchev–Trinajstić information content (AvgIpc) is 2.32. The van der Waals surface area contributed by atoms with Gasteiger partial charge in [-0.05, 0) is 34.7 Å². The first-order valence-corrected chi connectivity index (χ1v) is 6.03. The maximum atomic E-state index is 11.8. The summed E-state index contributed by atoms with van der Waals surface area (Å²) in [6.07, 6.45) is 1.09. The van der Waals surface area contributed by atoms with Crippen LogP contribution in [0.4, 0.5) is 5.69 Å². The van der Waals surface area contributed by atoms with E-state index in [1.54, 1.807) is 12.1 Å². The smallest absolute Gasteiger partial charge is 0.321 e. The molecule has 0 bridgehead atoms. The summed E-state index contributed by atoms with van der Waals surface area (Å²) in [6.45, 7) is 0. The lowest BCUT2D eigenvalue weighted by atomic mass is 10.3. The number of anilines is 1. The molecule has 0 atom stereocenters. The fourth-order valence-electron chi connectivity index (χ4n) is 1.33. The molecule has 0 spiro atoms. The number of para-hydroxylation sites is 1. The number of hydrogen-bond donors (Lipinski definition) is 3. The highest BCUT2D eigenvalue weighted by atomic mass is 127. The van der Waals surface area contributed by atoms with Crippen LogP contribution in [0.5, 0.6) is 0 Å². The molecule has 2 aromatic rings. The fourth-order valence-corrected chi connectivity index (χ4v) is 1.85. The molecule has 0 radical (unpaired) electrons. The van der Waals surface area contributed by atoms with Gasteiger partial charge in [0, 0.05) is 9.77 Å². The van der Waals surface area contributed by atoms with E-state index in [0.717, 1.165) is 9.77 Å². The molecule has 1 amide bonds. The number of hydrogen-bond acceptors (Lipinski definition) is 3. The van der Waals surface area contributed by atoms with Crippen LogP contribution in [0.25, 0.3) is 0 Å². The highest BCUT2D eigenvalue weighted by molar-refractivity contribution is 14.1. The van der Waals surface area contributed by atoms with E-state index < -0.39 is 17.2 Å². The van der Waals surface area contributed by atoms with Crippen molar-refractivity contribution in [1.29, 1.82) is 0 Å². The summed E-state index contributed by atoms with van der Waals surface area (Å²) < 4.78 is 0.851. The van der Waals surface area contributed by atoms with Gasteiger partial charge in [-0.2, -0.15) is 0 Å². The first-order chi connectivity index (χ1) is 8.58. The van der Waals surface area contributed by atoms with E-state index in [2.05, 4.69) is 32.9 Å². The second kappa shape index (κ2) is 5.17. The Morgan fingerprint density at radius 1 is 1.22 bits per heavy atom. The van der Waals surface area contributed by atoms with Crippen molar-refractivity contribution >= 4 is 34.2 Å². The van der Waals surface area contributed by atoms with Gasteiger partial charge in [-0.15, -0.1) is 0 Å². The Labute approximate surface area is 115 Å². The van der Waals surface area contributed by atoms with Gasteiger partial charge in [0.2, 0.25) is 0 Å². The number of aromatic amines is 2. The number of benzene rings is 1. The largest absolute Gasteiger partial charge is 0.325 e. The first kappa shape index (κ1) is 12.6. The van der Waals surface area contributed by atoms with Gasteiger partial charge in [0.15, 0.2) is 0 Å². The number of carbonyl (C=O) groups excluding carboxylic acids is 1. The molecule has 18 heavy (non-hydrogen) atoms. The molecule has 2 rings (SSSR count). The van der Waals surface area contributed by atoms with Gasteiger partial charge < -0.3 is 10.3 Å². The molecule has 1 heterocycles. The maximum Gasteiger partial charge on any atom is 0.325 e. The summed E-state index contributed by atoms with van der Waals surface area (Å²) >= 11 is 2.07. The summed E-state index contributed by atoms with van der Waals surface area (Å²) in [5.74, 6) is -0.573. The third-order valence-corrected chi connectivity index (χ3v) is 3.13. The van der Waals surface area contributed by atoms with E-state index in [0.29, 0.717) is 5.69 Å². The topological polar surface area (TPSA) is 94.8 Å². The second-order valence-electron chi connectivity index (χ2n) is 3.42. The minimum absolute atomic E-state index is 0.144. The summed E-state index contributed by atoms with van der Waals surface area (Å²) in [6, 6.07) is 7.16. The molecule has 0 saturated heterocycles. The highest BCUT2D eigenvalue weighted by Gasteiger charge is 2.12. The second-order valence-corrected chi connectivity index (χ2v) is 4.58. The molecule has 3 N–H and O–H groups in total. The monoisotopic (exact) mass is 357 g/mol. The zero-order chi connectivity index (χ0) is 13.1. The molecule has 7 heteroatoms. The van der Waals surface area contributed by atoms with Crippen molar-refractivity contribution in [2.45, 2.75) is 0 Å². The molecule has 0 unspecified atom stereocenters. The molecule has 0 aliphatic heterocycles. The molecular formula is C11H8IN3O3. The molecular weight excluding hydrogens is 349 g/mol. The predicted octanol–water partition coefficient (Wildman–Crippen LogP) is 0.920. The predicted molar refractivity (Wildman–Crippen MR) is 74.8 cm³/mol. The van der Waals surface area contributed by atoms with Gasteiger partial charge in [-0.3, -0.25) is 14.6 Å². The minimum Gasteiger partial charge on any atom is -0.321 e. The van der Waals surface area contributed by atoms with Crippen LogP contribution < -0.4 is 16.6 Å². The Balaban J connectivity index is 2.31. The molecule has 92 valence electrons. The van der Waals surface area contributed by atoms with Crippen molar-refractivity contribution in [2.24, 2.45) is 0 Å². The van der Waals surface area contributed by atoms with E-state index in [9.17, 15) is 14.4 Å². The van der Waals surface area contributed by atoms with Crippen LogP contribution in [0.15, 0.2) is 40.1 Å². The highest BCUT2D eigenvalue weighted by Crippen LogP contribution is 2.17. The van der Waals surface area contributed by atoms with E-state index in [4.69, 9.17) is 0 Å². The number of rotatable bonds is 2. The van der Waals surface area contributed by atoms with Crippen molar-refractivity contribution < 1.29 is 4.79 Å². The van der Waals surface area contributed by atoms with Crippen LogP contribution in [-0.4, -0.2) is 15.9 Å². The Hall–Kier alpha value is -1.90. The lowest BCUT2D eigenvalue weighted by Crippen LogP contribution is -2.29. The van der Waals surface area contributed by atoms with Crippen molar-refractivity contribution in [3.63, 3.8) is 0 Å². The molecule has 0 aliphatic rings. The lowest BCUT2D eigenvalue weighted by Gasteiger charge is -2.05. The van der Waals surface area contributed by atoms with E-state index in [1.165, 1.54) is 0 Å². The Bertz CT molecular complexity index is 705. The molecule has 0 aliphatic carbocycles. The number of amides is 1. The van der Waals surface area contributed by atoms with E-state index in [1.807, 2.05) is 17.1 Å². The van der Waals surface area contributed by atoms with Gasteiger partial charge in [0.05, 0.1) is 5.69 Å². The van der Waals surface area contributed by atoms with Crippen molar-refractivity contribution in [3.8, 4) is 0 Å². The van der Waals surface area contributed by atoms with Gasteiger partial charge in [0.1, 0.15) is 5.56 Å². The lowest BCUT2D eigenvalue weighted by molar-refractivity contribution is 0.102. The van der Waals surface area contributed by atoms with E-state index in [-0.39, 0.29) is 5.56 Å². The molecule has 1 aromatic heterocycles. The number of halogens is 1. The van der Waals surface area contributed by atoms with Gasteiger partial charge in [0.25, 0.3) is 11.5 Å². The van der Waals surface area contributed by atoms with Crippen LogP contribution in [0.1, 0.15) is 10.4 Å². The Kier molecular flexibility index (Phi) is 3.60. The fraction of sp³-hybridized carbons (Fsp3) is 0. The average molecular weight is 357 g/mol. The maximum absolute atomic E-state index is 11.8. The number of H-pyrrole nitrogens is 2. The summed E-state index contributed by atoms with van der Waals surface area (Å²) in [7, 11) is 0. The van der Waals surface area contributed by atoms with Crippen LogP contribution in [0.3, 0.4) is 0 Å². The van der Waals surface area contributed by atoms with Crippen LogP contribution in [0.2, 0.25) is 0 Å². The zero-order valence-electron chi connectivity index (χ0n) is 8.99. The molecule has 0 fully saturated rings. The Morgan fingerprint density at radius 2 is 1.94 bits per heavy atom. The van der Waals surface area contributed by atoms with Crippen LogP contribution >= 0.6 is 22.6 Å². The van der Waals surface area contributed by atoms with Gasteiger partial charge in [-0.25, -0.2) is 4.79 Å². The Morgan fingerprint density at radius 3 is 2.61 bits per heavy atom. The van der Waals surface area contributed by atoms with Crippen LogP contribution in [-0.2, 0) is 0 Å². The zero-order valence-corrected chi connectivity index (χ0v) is 11.1. The first-order valence-electron chi connectivity index (χ1n) is 4.96. The van der Waals surface area contributed by atoms with Gasteiger partial charge in [-0.1, -0.05) is 12.1 Å². The summed E-state index contributed by atoms with van der Waals surface area (Å²) in [4.78, 5) is 38.3. The molecule has 0 saturated carbocycles. The summed E-state index contributed by atoms with van der Waals surface area (Å²) in [5, 5.41) is 2.60. The van der Waals surface area contributed by atoms with E-state index >= 15 is 0 Å².